The number of nitrogens with zero attached hydrogens (tertiary/aromatic N) is 4. The Morgan fingerprint density at radius 1 is 1.33 bits per heavy atom. The van der Waals surface area contributed by atoms with Crippen molar-refractivity contribution in [3.8, 4) is 5.19 Å². The van der Waals surface area contributed by atoms with Crippen LogP contribution in [0.2, 0.25) is 0 Å². The molecule has 0 aromatic carbocycles. The number of hydrogen-bond acceptors (Lipinski definition) is 6. The second-order valence-electron chi connectivity index (χ2n) is 5.33. The van der Waals surface area contributed by atoms with Gasteiger partial charge in [-0.25, -0.2) is 4.79 Å². The summed E-state index contributed by atoms with van der Waals surface area (Å²) in [6.45, 7) is 7.01. The number of nitrogens with one attached hydrogen (secondary N) is 1. The summed E-state index contributed by atoms with van der Waals surface area (Å²) in [6.07, 6.45) is 2.06. The molecule has 0 bridgehead atoms. The molecular weight excluding hydrogens is 290 g/mol. The molecule has 8 heteroatoms. The van der Waals surface area contributed by atoms with E-state index in [-0.39, 0.29) is 6.03 Å². The van der Waals surface area contributed by atoms with Crippen LogP contribution in [0.5, 0.6) is 5.19 Å². The summed E-state index contributed by atoms with van der Waals surface area (Å²) in [6, 6.07) is 0.482. The zero-order chi connectivity index (χ0) is 14.7. The normalized spacial score (nSPS) is 20.8. The quantitative estimate of drug-likeness (QED) is 0.876. The fourth-order valence-corrected chi connectivity index (χ4v) is 3.69. The van der Waals surface area contributed by atoms with Gasteiger partial charge in [-0.3, -0.25) is 4.90 Å². The lowest BCUT2D eigenvalue weighted by Crippen LogP contribution is -2.45. The molecule has 2 amide bonds. The fraction of sp³-hybridized carbons (Fsp3) is 0.769. The van der Waals surface area contributed by atoms with Crippen LogP contribution in [0.1, 0.15) is 24.8 Å². The van der Waals surface area contributed by atoms with E-state index in [0.29, 0.717) is 17.8 Å². The van der Waals surface area contributed by atoms with Crippen LogP contribution in [0, 0.1) is 0 Å². The highest BCUT2D eigenvalue weighted by atomic mass is 32.1. The van der Waals surface area contributed by atoms with Gasteiger partial charge >= 0.3 is 6.03 Å². The van der Waals surface area contributed by atoms with Crippen molar-refractivity contribution < 1.29 is 9.53 Å². The minimum Gasteiger partial charge on any atom is -0.469 e. The average Bonchev–Trinajstić information content (AvgIpc) is 3.10. The van der Waals surface area contributed by atoms with Crippen LogP contribution in [0.3, 0.4) is 0 Å². The summed E-state index contributed by atoms with van der Waals surface area (Å²) in [5.74, 6) is 0. The van der Waals surface area contributed by atoms with E-state index in [1.807, 2.05) is 11.8 Å². The van der Waals surface area contributed by atoms with Gasteiger partial charge in [-0.15, -0.1) is 10.2 Å². The number of piperidine rings is 1. The molecule has 2 aliphatic heterocycles. The van der Waals surface area contributed by atoms with Gasteiger partial charge < -0.3 is 15.0 Å². The molecule has 1 N–H and O–H groups in total. The third-order valence-electron chi connectivity index (χ3n) is 3.96. The lowest BCUT2D eigenvalue weighted by molar-refractivity contribution is 0.132. The average molecular weight is 311 g/mol. The molecule has 2 fully saturated rings. The van der Waals surface area contributed by atoms with E-state index in [1.54, 1.807) is 0 Å². The molecule has 0 unspecified atom stereocenters. The van der Waals surface area contributed by atoms with Crippen molar-refractivity contribution in [2.24, 2.45) is 0 Å². The van der Waals surface area contributed by atoms with Crippen LogP contribution in [0.15, 0.2) is 0 Å². The Bertz CT molecular complexity index is 487. The highest BCUT2D eigenvalue weighted by Gasteiger charge is 2.30. The smallest absolute Gasteiger partial charge is 0.317 e. The summed E-state index contributed by atoms with van der Waals surface area (Å²) in [5.41, 5.74) is 0. The molecule has 21 heavy (non-hydrogen) atoms. The minimum atomic E-state index is 0.0962. The van der Waals surface area contributed by atoms with Gasteiger partial charge in [0.25, 0.3) is 5.19 Å². The van der Waals surface area contributed by atoms with E-state index in [0.717, 1.165) is 50.6 Å². The molecule has 0 spiro atoms. The zero-order valence-electron chi connectivity index (χ0n) is 12.2. The molecular formula is C13H21N5O2S. The molecule has 0 saturated carbocycles. The van der Waals surface area contributed by atoms with E-state index >= 15 is 0 Å². The van der Waals surface area contributed by atoms with Crippen LogP contribution >= 0.6 is 11.3 Å². The van der Waals surface area contributed by atoms with E-state index in [2.05, 4.69) is 20.4 Å². The highest BCUT2D eigenvalue weighted by Crippen LogP contribution is 2.23. The van der Waals surface area contributed by atoms with Crippen molar-refractivity contribution in [2.45, 2.75) is 32.4 Å². The number of amides is 2. The van der Waals surface area contributed by atoms with Gasteiger partial charge in [-0.05, 0) is 19.8 Å². The Balaban J connectivity index is 1.48. The molecule has 116 valence electrons. The fourth-order valence-electron chi connectivity index (χ4n) is 2.90. The molecule has 3 rings (SSSR count). The van der Waals surface area contributed by atoms with Crippen molar-refractivity contribution in [1.82, 2.24) is 25.3 Å². The van der Waals surface area contributed by atoms with Gasteiger partial charge in [-0.2, -0.15) is 0 Å². The molecule has 0 radical (unpaired) electrons. The molecule has 1 aromatic rings. The standard InChI is InChI=1S/C13H21N5O2S/c1-2-20-13-16-15-11(21-13)9-17-6-3-10(4-7-17)18-8-5-14-12(18)19/h10H,2-9H2,1H3,(H,14,19). The number of aromatic nitrogens is 2. The highest BCUT2D eigenvalue weighted by molar-refractivity contribution is 7.13. The molecule has 0 aliphatic carbocycles. The van der Waals surface area contributed by atoms with Gasteiger partial charge in [0.15, 0.2) is 0 Å². The van der Waals surface area contributed by atoms with E-state index < -0.39 is 0 Å². The second-order valence-corrected chi connectivity index (χ2v) is 6.35. The molecule has 3 heterocycles. The predicted octanol–water partition coefficient (Wildman–Crippen LogP) is 0.926. The molecule has 0 atom stereocenters. The first-order valence-electron chi connectivity index (χ1n) is 7.48. The maximum atomic E-state index is 11.7. The first-order chi connectivity index (χ1) is 10.3. The van der Waals surface area contributed by atoms with E-state index in [4.69, 9.17) is 4.74 Å². The summed E-state index contributed by atoms with van der Waals surface area (Å²) in [4.78, 5) is 16.0. The van der Waals surface area contributed by atoms with Gasteiger partial charge in [0, 0.05) is 32.2 Å². The maximum Gasteiger partial charge on any atom is 0.317 e. The number of ether oxygens (including phenoxy) is 1. The van der Waals surface area contributed by atoms with Gasteiger partial charge in [0.05, 0.1) is 13.2 Å². The third kappa shape index (κ3) is 3.44. The minimum absolute atomic E-state index is 0.0962. The van der Waals surface area contributed by atoms with Crippen molar-refractivity contribution in [3.63, 3.8) is 0 Å². The summed E-state index contributed by atoms with van der Waals surface area (Å²) in [5, 5.41) is 12.7. The second kappa shape index (κ2) is 6.57. The number of rotatable bonds is 5. The van der Waals surface area contributed by atoms with Crippen LogP contribution in [0.4, 0.5) is 4.79 Å². The Hall–Kier alpha value is -1.41. The Morgan fingerprint density at radius 3 is 2.81 bits per heavy atom. The first-order valence-corrected chi connectivity index (χ1v) is 8.30. The van der Waals surface area contributed by atoms with Gasteiger partial charge in [0.2, 0.25) is 0 Å². The Kier molecular flexibility index (Phi) is 4.54. The van der Waals surface area contributed by atoms with Crippen molar-refractivity contribution in [1.29, 1.82) is 0 Å². The number of hydrogen-bond donors (Lipinski definition) is 1. The lowest BCUT2D eigenvalue weighted by atomic mass is 10.0. The van der Waals surface area contributed by atoms with E-state index in [1.165, 1.54) is 11.3 Å². The third-order valence-corrected chi connectivity index (χ3v) is 4.78. The molecule has 1 aromatic heterocycles. The maximum absolute atomic E-state index is 11.7. The SMILES string of the molecule is CCOc1nnc(CN2CCC(N3CCNC3=O)CC2)s1. The van der Waals surface area contributed by atoms with Crippen molar-refractivity contribution in [3.05, 3.63) is 5.01 Å². The number of urea groups is 1. The topological polar surface area (TPSA) is 70.6 Å². The van der Waals surface area contributed by atoms with Gasteiger partial charge in [0.1, 0.15) is 5.01 Å². The molecule has 2 aliphatic rings. The number of carbonyl (C=O) groups is 1. The zero-order valence-corrected chi connectivity index (χ0v) is 13.1. The van der Waals surface area contributed by atoms with Gasteiger partial charge in [-0.1, -0.05) is 11.3 Å². The number of likely N-dealkylation sites (tertiary alicyclic amines) is 1. The van der Waals surface area contributed by atoms with Crippen molar-refractivity contribution >= 4 is 17.4 Å². The predicted molar refractivity (Wildman–Crippen MR) is 79.5 cm³/mol. The molecule has 2 saturated heterocycles. The van der Waals surface area contributed by atoms with E-state index in [9.17, 15) is 4.79 Å². The van der Waals surface area contributed by atoms with Crippen LogP contribution in [-0.2, 0) is 6.54 Å². The lowest BCUT2D eigenvalue weighted by Gasteiger charge is -2.35. The monoisotopic (exact) mass is 311 g/mol. The largest absolute Gasteiger partial charge is 0.469 e. The van der Waals surface area contributed by atoms with Crippen LogP contribution in [-0.4, -0.2) is 64.9 Å². The molecule has 7 nitrogen and oxygen atoms in total. The summed E-state index contributed by atoms with van der Waals surface area (Å²) in [7, 11) is 0. The van der Waals surface area contributed by atoms with Crippen LogP contribution in [0.25, 0.3) is 0 Å². The Labute approximate surface area is 128 Å². The van der Waals surface area contributed by atoms with Crippen molar-refractivity contribution in [2.75, 3.05) is 32.8 Å². The first kappa shape index (κ1) is 14.5. The Morgan fingerprint density at radius 2 is 2.14 bits per heavy atom. The summed E-state index contributed by atoms with van der Waals surface area (Å²) < 4.78 is 5.35. The summed E-state index contributed by atoms with van der Waals surface area (Å²) >= 11 is 1.52. The van der Waals surface area contributed by atoms with Crippen LogP contribution < -0.4 is 10.1 Å². The number of carbonyl (C=O) groups excluding carboxylic acids is 1.